The summed E-state index contributed by atoms with van der Waals surface area (Å²) in [6.07, 6.45) is -4.48. The molecule has 1 aliphatic rings. The molecule has 4 rings (SSSR count). The van der Waals surface area contributed by atoms with Gasteiger partial charge in [-0.3, -0.25) is 4.79 Å². The second kappa shape index (κ2) is 9.90. The summed E-state index contributed by atoms with van der Waals surface area (Å²) in [5.41, 5.74) is -0.192. The highest BCUT2D eigenvalue weighted by Crippen LogP contribution is 2.45. The molecule has 1 aliphatic heterocycles. The predicted octanol–water partition coefficient (Wildman–Crippen LogP) is 5.85. The molecule has 0 bridgehead atoms. The number of nitrogens with one attached hydrogen (secondary N) is 2. The molecule has 1 saturated heterocycles. The van der Waals surface area contributed by atoms with Crippen LogP contribution in [0.5, 0.6) is 0 Å². The molecule has 4 nitrogen and oxygen atoms in total. The quantitative estimate of drug-likeness (QED) is 0.446. The van der Waals surface area contributed by atoms with Gasteiger partial charge in [-0.25, -0.2) is 0 Å². The second-order valence-electron chi connectivity index (χ2n) is 8.40. The molecule has 3 aromatic carbocycles. The van der Waals surface area contributed by atoms with Crippen LogP contribution in [-0.2, 0) is 22.9 Å². The van der Waals surface area contributed by atoms with E-state index in [0.717, 1.165) is 12.1 Å². The van der Waals surface area contributed by atoms with Gasteiger partial charge in [0, 0.05) is 29.1 Å². The van der Waals surface area contributed by atoms with Crippen molar-refractivity contribution >= 4 is 29.1 Å². The third-order valence-corrected chi connectivity index (χ3v) is 6.72. The summed E-state index contributed by atoms with van der Waals surface area (Å²) >= 11 is 12.3. The van der Waals surface area contributed by atoms with Crippen molar-refractivity contribution in [3.8, 4) is 6.07 Å². The molecule has 0 aliphatic carbocycles. The maximum Gasteiger partial charge on any atom is 0.416 e. The number of carbonyl (C=O) groups is 1. The lowest BCUT2D eigenvalue weighted by Crippen LogP contribution is -2.44. The van der Waals surface area contributed by atoms with Crippen molar-refractivity contribution < 1.29 is 18.0 Å². The average Bonchev–Trinajstić information content (AvgIpc) is 3.23. The van der Waals surface area contributed by atoms with Crippen molar-refractivity contribution in [2.45, 2.75) is 30.1 Å². The molecular formula is C26H20Cl2F3N3O. The fourth-order valence-electron chi connectivity index (χ4n) is 4.56. The highest BCUT2D eigenvalue weighted by atomic mass is 35.5. The number of halogens is 5. The Hall–Kier alpha value is -3.05. The third kappa shape index (κ3) is 5.15. The summed E-state index contributed by atoms with van der Waals surface area (Å²) in [7, 11) is 0. The van der Waals surface area contributed by atoms with Gasteiger partial charge in [0.05, 0.1) is 17.7 Å². The molecule has 0 radical (unpaired) electrons. The van der Waals surface area contributed by atoms with E-state index in [9.17, 15) is 23.2 Å². The first-order chi connectivity index (χ1) is 16.6. The van der Waals surface area contributed by atoms with Gasteiger partial charge in [-0.05, 0) is 53.1 Å². The van der Waals surface area contributed by atoms with Gasteiger partial charge in [-0.2, -0.15) is 18.4 Å². The van der Waals surface area contributed by atoms with Crippen LogP contribution in [0.25, 0.3) is 0 Å². The molecular weight excluding hydrogens is 498 g/mol. The van der Waals surface area contributed by atoms with Gasteiger partial charge in [0.15, 0.2) is 0 Å². The zero-order valence-corrected chi connectivity index (χ0v) is 19.8. The Bertz CT molecular complexity index is 1270. The van der Waals surface area contributed by atoms with E-state index in [1.165, 1.54) is 12.1 Å². The summed E-state index contributed by atoms with van der Waals surface area (Å²) in [6, 6.07) is 20.2. The Balaban J connectivity index is 1.65. The van der Waals surface area contributed by atoms with E-state index < -0.39 is 35.0 Å². The Morgan fingerprint density at radius 2 is 1.77 bits per heavy atom. The van der Waals surface area contributed by atoms with Gasteiger partial charge in [-0.1, -0.05) is 59.6 Å². The van der Waals surface area contributed by atoms with Gasteiger partial charge in [0.25, 0.3) is 0 Å². The monoisotopic (exact) mass is 517 g/mol. The lowest BCUT2D eigenvalue weighted by Gasteiger charge is -2.31. The van der Waals surface area contributed by atoms with E-state index in [4.69, 9.17) is 23.2 Å². The van der Waals surface area contributed by atoms with Crippen LogP contribution in [0, 0.1) is 11.3 Å². The Morgan fingerprint density at radius 3 is 2.43 bits per heavy atom. The van der Waals surface area contributed by atoms with E-state index in [0.29, 0.717) is 26.7 Å². The molecule has 0 aromatic heterocycles. The molecule has 0 saturated carbocycles. The number of rotatable bonds is 5. The Kier molecular flexibility index (Phi) is 7.09. The smallest absolute Gasteiger partial charge is 0.351 e. The number of hydrogen-bond acceptors (Lipinski definition) is 3. The van der Waals surface area contributed by atoms with Crippen molar-refractivity contribution in [1.82, 2.24) is 10.6 Å². The lowest BCUT2D eigenvalue weighted by atomic mass is 9.68. The number of nitriles is 1. The lowest BCUT2D eigenvalue weighted by molar-refractivity contribution is -0.137. The fraction of sp³-hybridized carbons (Fsp3) is 0.231. The van der Waals surface area contributed by atoms with E-state index in [1.807, 2.05) is 0 Å². The zero-order valence-electron chi connectivity index (χ0n) is 18.2. The summed E-state index contributed by atoms with van der Waals surface area (Å²) in [5.74, 6) is -1.05. The first-order valence-electron chi connectivity index (χ1n) is 10.7. The summed E-state index contributed by atoms with van der Waals surface area (Å²) in [6.45, 7) is 0.0909. The molecule has 2 N–H and O–H groups in total. The zero-order chi connectivity index (χ0) is 25.2. The Morgan fingerprint density at radius 1 is 1.06 bits per heavy atom. The third-order valence-electron chi connectivity index (χ3n) is 6.24. The van der Waals surface area contributed by atoms with Crippen LogP contribution >= 0.6 is 23.2 Å². The molecule has 1 amide bonds. The van der Waals surface area contributed by atoms with E-state index in [-0.39, 0.29) is 13.1 Å². The van der Waals surface area contributed by atoms with Crippen LogP contribution in [0.15, 0.2) is 72.8 Å². The SMILES string of the molecule is N#C[C@]1(c2ccc(Cl)cc2)CN[C@@H](C(=O)NCc2cccc(C(F)(F)F)c2)[C@@H]1c1cccc(Cl)c1. The van der Waals surface area contributed by atoms with Gasteiger partial charge >= 0.3 is 6.18 Å². The van der Waals surface area contributed by atoms with E-state index in [2.05, 4.69) is 16.7 Å². The van der Waals surface area contributed by atoms with Gasteiger partial charge in [0.2, 0.25) is 5.91 Å². The molecule has 3 aromatic rings. The molecule has 0 unspecified atom stereocenters. The maximum absolute atomic E-state index is 13.3. The predicted molar refractivity (Wildman–Crippen MR) is 128 cm³/mol. The van der Waals surface area contributed by atoms with Crippen molar-refractivity contribution in [2.75, 3.05) is 6.54 Å². The number of amides is 1. The summed E-state index contributed by atoms with van der Waals surface area (Å²) < 4.78 is 39.1. The number of alkyl halides is 3. The highest BCUT2D eigenvalue weighted by Gasteiger charge is 2.53. The van der Waals surface area contributed by atoms with Crippen molar-refractivity contribution in [2.24, 2.45) is 0 Å². The average molecular weight is 518 g/mol. The van der Waals surface area contributed by atoms with Crippen LogP contribution in [0.3, 0.4) is 0 Å². The molecule has 3 atom stereocenters. The minimum absolute atomic E-state index is 0.0936. The Labute approximate surface area is 210 Å². The minimum Gasteiger partial charge on any atom is -0.351 e. The largest absolute Gasteiger partial charge is 0.416 e. The number of carbonyl (C=O) groups excluding carboxylic acids is 1. The van der Waals surface area contributed by atoms with Crippen molar-refractivity contribution in [1.29, 1.82) is 5.26 Å². The van der Waals surface area contributed by atoms with Crippen LogP contribution in [-0.4, -0.2) is 18.5 Å². The van der Waals surface area contributed by atoms with Gasteiger partial charge < -0.3 is 10.6 Å². The molecule has 1 heterocycles. The first kappa shape index (κ1) is 25.1. The number of hydrogen-bond donors (Lipinski definition) is 2. The summed E-state index contributed by atoms with van der Waals surface area (Å²) in [5, 5.41) is 17.2. The van der Waals surface area contributed by atoms with Gasteiger partial charge in [-0.15, -0.1) is 0 Å². The standard InChI is InChI=1S/C26H20Cl2F3N3O/c27-20-9-7-18(8-10-20)25(14-32)15-34-23(22(25)17-4-2-6-21(28)12-17)24(35)33-13-16-3-1-5-19(11-16)26(29,30)31/h1-12,22-23,34H,13,15H2,(H,33,35)/t22-,23+,25+/m0/s1. The maximum atomic E-state index is 13.3. The van der Waals surface area contributed by atoms with Crippen LogP contribution in [0.2, 0.25) is 10.0 Å². The van der Waals surface area contributed by atoms with Gasteiger partial charge in [0.1, 0.15) is 5.41 Å². The first-order valence-corrected chi connectivity index (χ1v) is 11.5. The van der Waals surface area contributed by atoms with Crippen LogP contribution in [0.4, 0.5) is 13.2 Å². The van der Waals surface area contributed by atoms with Crippen molar-refractivity contribution in [3.05, 3.63) is 105 Å². The molecule has 9 heteroatoms. The minimum atomic E-state index is -4.48. The molecule has 1 fully saturated rings. The fourth-order valence-corrected chi connectivity index (χ4v) is 4.89. The number of nitrogens with zero attached hydrogens (tertiary/aromatic N) is 1. The normalized spacial score (nSPS) is 21.9. The molecule has 0 spiro atoms. The van der Waals surface area contributed by atoms with Crippen molar-refractivity contribution in [3.63, 3.8) is 0 Å². The van der Waals surface area contributed by atoms with E-state index in [1.54, 1.807) is 48.5 Å². The van der Waals surface area contributed by atoms with Crippen LogP contribution in [0.1, 0.15) is 28.2 Å². The van der Waals surface area contributed by atoms with E-state index >= 15 is 0 Å². The van der Waals surface area contributed by atoms with Crippen LogP contribution < -0.4 is 10.6 Å². The summed E-state index contributed by atoms with van der Waals surface area (Å²) in [4.78, 5) is 13.3. The second-order valence-corrected chi connectivity index (χ2v) is 9.27. The topological polar surface area (TPSA) is 64.9 Å². The number of benzene rings is 3. The molecule has 180 valence electrons. The molecule has 35 heavy (non-hydrogen) atoms. The highest BCUT2D eigenvalue weighted by molar-refractivity contribution is 6.30.